The fraction of sp³-hybridized carbons (Fsp3) is 0.333. The molecular formula is C24H27N3O3. The van der Waals surface area contributed by atoms with Crippen LogP contribution < -0.4 is 4.74 Å². The highest BCUT2D eigenvalue weighted by Crippen LogP contribution is 2.33. The lowest BCUT2D eigenvalue weighted by molar-refractivity contribution is 0.0710. The Labute approximate surface area is 176 Å². The van der Waals surface area contributed by atoms with Crippen LogP contribution in [0.3, 0.4) is 0 Å². The summed E-state index contributed by atoms with van der Waals surface area (Å²) in [6.45, 7) is 3.26. The van der Waals surface area contributed by atoms with Crippen molar-refractivity contribution in [3.8, 4) is 11.4 Å². The largest absolute Gasteiger partial charge is 0.497 e. The number of rotatable bonds is 5. The summed E-state index contributed by atoms with van der Waals surface area (Å²) in [5, 5.41) is 14.4. The van der Waals surface area contributed by atoms with Crippen molar-refractivity contribution in [1.29, 1.82) is 0 Å². The second-order valence-corrected chi connectivity index (χ2v) is 7.71. The predicted octanol–water partition coefficient (Wildman–Crippen LogP) is 3.70. The number of carbonyl (C=O) groups is 1. The number of aliphatic hydroxyl groups is 1. The van der Waals surface area contributed by atoms with Crippen LogP contribution in [-0.4, -0.2) is 45.9 Å². The van der Waals surface area contributed by atoms with Crippen LogP contribution in [0.2, 0.25) is 0 Å². The Morgan fingerprint density at radius 1 is 1.17 bits per heavy atom. The van der Waals surface area contributed by atoms with E-state index in [1.54, 1.807) is 13.3 Å². The van der Waals surface area contributed by atoms with Crippen molar-refractivity contribution in [2.75, 3.05) is 20.2 Å². The number of likely N-dealkylation sites (tertiary alicyclic amines) is 1. The molecule has 1 aliphatic rings. The lowest BCUT2D eigenvalue weighted by atomic mass is 9.90. The number of ether oxygens (including phenoxy) is 1. The number of carbonyl (C=O) groups excluding carboxylic acids is 1. The number of methoxy groups -OCH3 is 1. The summed E-state index contributed by atoms with van der Waals surface area (Å²) < 4.78 is 7.18. The molecule has 1 fully saturated rings. The van der Waals surface area contributed by atoms with E-state index in [4.69, 9.17) is 4.74 Å². The van der Waals surface area contributed by atoms with Gasteiger partial charge in [0.05, 0.1) is 31.3 Å². The molecule has 0 saturated carbocycles. The maximum atomic E-state index is 13.1. The highest BCUT2D eigenvalue weighted by atomic mass is 16.5. The highest BCUT2D eigenvalue weighted by molar-refractivity contribution is 5.95. The SMILES string of the molecule is COc1ccc(C(=O)N2CCC(c3c(CO)cnn3-c3ccccc3)CC2)c(C)c1. The van der Waals surface area contributed by atoms with Crippen molar-refractivity contribution in [2.45, 2.75) is 32.3 Å². The molecule has 1 aromatic heterocycles. The monoisotopic (exact) mass is 405 g/mol. The number of amides is 1. The van der Waals surface area contributed by atoms with Gasteiger partial charge >= 0.3 is 0 Å². The number of aliphatic hydroxyl groups excluding tert-OH is 1. The average molecular weight is 405 g/mol. The summed E-state index contributed by atoms with van der Waals surface area (Å²) in [4.78, 5) is 15.0. The standard InChI is InChI=1S/C24H27N3O3/c1-17-14-21(30-2)8-9-22(17)24(29)26-12-10-18(11-13-26)23-19(16-28)15-25-27(23)20-6-4-3-5-7-20/h3-9,14-15,18,28H,10-13,16H2,1-2H3. The number of piperidine rings is 1. The van der Waals surface area contributed by atoms with E-state index in [-0.39, 0.29) is 18.4 Å². The molecule has 6 nitrogen and oxygen atoms in total. The fourth-order valence-electron chi connectivity index (χ4n) is 4.25. The summed E-state index contributed by atoms with van der Waals surface area (Å²) in [7, 11) is 1.63. The molecule has 1 amide bonds. The number of benzene rings is 2. The summed E-state index contributed by atoms with van der Waals surface area (Å²) in [5.41, 5.74) is 4.54. The van der Waals surface area contributed by atoms with E-state index in [0.717, 1.165) is 46.7 Å². The van der Waals surface area contributed by atoms with E-state index < -0.39 is 0 Å². The number of hydrogen-bond acceptors (Lipinski definition) is 4. The number of hydrogen-bond donors (Lipinski definition) is 1. The zero-order valence-electron chi connectivity index (χ0n) is 17.4. The molecule has 0 radical (unpaired) electrons. The summed E-state index contributed by atoms with van der Waals surface area (Å²) >= 11 is 0. The van der Waals surface area contributed by atoms with Gasteiger partial charge in [0.1, 0.15) is 5.75 Å². The van der Waals surface area contributed by atoms with Gasteiger partial charge in [-0.1, -0.05) is 18.2 Å². The van der Waals surface area contributed by atoms with Gasteiger partial charge in [0.25, 0.3) is 5.91 Å². The lowest BCUT2D eigenvalue weighted by Crippen LogP contribution is -2.38. The first kappa shape index (κ1) is 20.2. The maximum absolute atomic E-state index is 13.1. The molecule has 0 atom stereocenters. The molecule has 4 rings (SSSR count). The number of aromatic nitrogens is 2. The van der Waals surface area contributed by atoms with Crippen LogP contribution >= 0.6 is 0 Å². The van der Waals surface area contributed by atoms with Gasteiger partial charge in [-0.2, -0.15) is 5.10 Å². The average Bonchev–Trinajstić information content (AvgIpc) is 3.23. The second-order valence-electron chi connectivity index (χ2n) is 7.71. The lowest BCUT2D eigenvalue weighted by Gasteiger charge is -2.33. The molecule has 0 spiro atoms. The van der Waals surface area contributed by atoms with Crippen molar-refractivity contribution in [2.24, 2.45) is 0 Å². The minimum absolute atomic E-state index is 0.0354. The number of nitrogens with zero attached hydrogens (tertiary/aromatic N) is 3. The normalized spacial score (nSPS) is 14.7. The molecule has 6 heteroatoms. The number of aryl methyl sites for hydroxylation is 1. The first-order valence-corrected chi connectivity index (χ1v) is 10.3. The van der Waals surface area contributed by atoms with Crippen LogP contribution in [0, 0.1) is 6.92 Å². The summed E-state index contributed by atoms with van der Waals surface area (Å²) in [6, 6.07) is 15.5. The minimum atomic E-state index is -0.0354. The minimum Gasteiger partial charge on any atom is -0.497 e. The van der Waals surface area contributed by atoms with Crippen LogP contribution in [0.1, 0.15) is 45.9 Å². The number of para-hydroxylation sites is 1. The molecule has 1 N–H and O–H groups in total. The zero-order valence-corrected chi connectivity index (χ0v) is 17.4. The summed E-state index contributed by atoms with van der Waals surface area (Å²) in [5.74, 6) is 1.07. The van der Waals surface area contributed by atoms with Crippen molar-refractivity contribution < 1.29 is 14.6 Å². The molecule has 156 valence electrons. The molecule has 2 aromatic carbocycles. The fourth-order valence-corrected chi connectivity index (χ4v) is 4.25. The second kappa shape index (κ2) is 8.71. The van der Waals surface area contributed by atoms with Gasteiger partial charge in [-0.05, 0) is 55.7 Å². The molecule has 0 bridgehead atoms. The predicted molar refractivity (Wildman–Crippen MR) is 115 cm³/mol. The smallest absolute Gasteiger partial charge is 0.254 e. The van der Waals surface area contributed by atoms with E-state index in [9.17, 15) is 9.90 Å². The van der Waals surface area contributed by atoms with E-state index >= 15 is 0 Å². The Morgan fingerprint density at radius 3 is 2.53 bits per heavy atom. The van der Waals surface area contributed by atoms with Crippen LogP contribution in [0.15, 0.2) is 54.7 Å². The molecule has 0 unspecified atom stereocenters. The molecule has 1 saturated heterocycles. The van der Waals surface area contributed by atoms with Crippen LogP contribution in [0.5, 0.6) is 5.75 Å². The Hall–Kier alpha value is -3.12. The molecule has 30 heavy (non-hydrogen) atoms. The van der Waals surface area contributed by atoms with E-state index in [1.165, 1.54) is 0 Å². The maximum Gasteiger partial charge on any atom is 0.254 e. The van der Waals surface area contributed by atoms with Crippen LogP contribution in [0.25, 0.3) is 5.69 Å². The van der Waals surface area contributed by atoms with Crippen molar-refractivity contribution >= 4 is 5.91 Å². The zero-order chi connectivity index (χ0) is 21.1. The first-order chi connectivity index (χ1) is 14.6. The van der Waals surface area contributed by atoms with E-state index in [1.807, 2.05) is 65.0 Å². The van der Waals surface area contributed by atoms with Gasteiger partial charge in [-0.3, -0.25) is 4.79 Å². The Morgan fingerprint density at radius 2 is 1.90 bits per heavy atom. The Balaban J connectivity index is 1.52. The molecular weight excluding hydrogens is 378 g/mol. The van der Waals surface area contributed by atoms with Crippen LogP contribution in [-0.2, 0) is 6.61 Å². The van der Waals surface area contributed by atoms with Gasteiger partial charge in [-0.25, -0.2) is 4.68 Å². The summed E-state index contributed by atoms with van der Waals surface area (Å²) in [6.07, 6.45) is 3.43. The van der Waals surface area contributed by atoms with Gasteiger partial charge in [0.2, 0.25) is 0 Å². The van der Waals surface area contributed by atoms with Crippen LogP contribution in [0.4, 0.5) is 0 Å². The van der Waals surface area contributed by atoms with Gasteiger partial charge < -0.3 is 14.7 Å². The third kappa shape index (κ3) is 3.83. The van der Waals surface area contributed by atoms with E-state index in [2.05, 4.69) is 5.10 Å². The van der Waals surface area contributed by atoms with Crippen molar-refractivity contribution in [1.82, 2.24) is 14.7 Å². The van der Waals surface area contributed by atoms with Gasteiger partial charge in [0.15, 0.2) is 0 Å². The highest BCUT2D eigenvalue weighted by Gasteiger charge is 2.29. The quantitative estimate of drug-likeness (QED) is 0.703. The van der Waals surface area contributed by atoms with Crippen molar-refractivity contribution in [3.63, 3.8) is 0 Å². The van der Waals surface area contributed by atoms with Gasteiger partial charge in [-0.15, -0.1) is 0 Å². The van der Waals surface area contributed by atoms with E-state index in [0.29, 0.717) is 13.1 Å². The van der Waals surface area contributed by atoms with Crippen molar-refractivity contribution in [3.05, 3.63) is 77.1 Å². The molecule has 0 aliphatic carbocycles. The first-order valence-electron chi connectivity index (χ1n) is 10.3. The van der Waals surface area contributed by atoms with Gasteiger partial charge in [0, 0.05) is 30.1 Å². The molecule has 2 heterocycles. The molecule has 1 aliphatic heterocycles. The third-order valence-electron chi connectivity index (χ3n) is 5.89. The topological polar surface area (TPSA) is 67.6 Å². The Kier molecular flexibility index (Phi) is 5.86. The molecule has 3 aromatic rings. The Bertz CT molecular complexity index is 1020. The third-order valence-corrected chi connectivity index (χ3v) is 5.89.